The summed E-state index contributed by atoms with van der Waals surface area (Å²) in [6.45, 7) is 1.40. The highest BCUT2D eigenvalue weighted by Gasteiger charge is 2.35. The van der Waals surface area contributed by atoms with Gasteiger partial charge in [-0.3, -0.25) is 9.36 Å². The molecule has 0 saturated carbocycles. The van der Waals surface area contributed by atoms with E-state index in [0.717, 1.165) is 0 Å². The van der Waals surface area contributed by atoms with Gasteiger partial charge in [0.2, 0.25) is 0 Å². The number of aliphatic carboxylic acids is 1. The number of hydrogen-bond acceptors (Lipinski definition) is 8. The van der Waals surface area contributed by atoms with Crippen LogP contribution in [0.1, 0.15) is 29.7 Å². The Morgan fingerprint density at radius 2 is 1.78 bits per heavy atom. The van der Waals surface area contributed by atoms with Crippen molar-refractivity contribution in [2.75, 3.05) is 20.3 Å². The molecule has 3 aromatic carbocycles. The second kappa shape index (κ2) is 12.1. The molecule has 208 valence electrons. The zero-order valence-electron chi connectivity index (χ0n) is 22.3. The van der Waals surface area contributed by atoms with Crippen molar-refractivity contribution in [2.24, 2.45) is 4.99 Å². The summed E-state index contributed by atoms with van der Waals surface area (Å²) in [7, 11) is 1.55. The molecule has 0 aliphatic carbocycles. The minimum atomic E-state index is -1.09. The minimum absolute atomic E-state index is 0.153. The number of carbonyl (C=O) groups excluding carboxylic acids is 1. The molecule has 0 radical (unpaired) electrons. The van der Waals surface area contributed by atoms with E-state index < -0.39 is 24.6 Å². The number of benzene rings is 3. The predicted molar refractivity (Wildman–Crippen MR) is 154 cm³/mol. The highest BCUT2D eigenvalue weighted by atomic mass is 32.1. The van der Waals surface area contributed by atoms with E-state index in [1.807, 2.05) is 36.4 Å². The van der Waals surface area contributed by atoms with Gasteiger partial charge in [0, 0.05) is 5.56 Å². The van der Waals surface area contributed by atoms with Crippen LogP contribution in [0.25, 0.3) is 11.8 Å². The molecule has 1 atom stereocenters. The van der Waals surface area contributed by atoms with E-state index in [1.165, 1.54) is 15.9 Å². The summed E-state index contributed by atoms with van der Waals surface area (Å²) >= 11 is 1.19. The van der Waals surface area contributed by atoms with Crippen molar-refractivity contribution >= 4 is 35.0 Å². The summed E-state index contributed by atoms with van der Waals surface area (Å²) in [6.07, 6.45) is 1.69. The Morgan fingerprint density at radius 3 is 2.51 bits per heavy atom. The molecule has 0 fully saturated rings. The van der Waals surface area contributed by atoms with Crippen molar-refractivity contribution < 1.29 is 28.9 Å². The highest BCUT2D eigenvalue weighted by molar-refractivity contribution is 7.07. The number of methoxy groups -OCH3 is 1. The number of esters is 1. The number of nitrogens with zero attached hydrogens (tertiary/aromatic N) is 2. The molecule has 0 spiro atoms. The maximum Gasteiger partial charge on any atom is 0.341 e. The molecule has 10 heteroatoms. The summed E-state index contributed by atoms with van der Waals surface area (Å²) in [4.78, 5) is 43.7. The van der Waals surface area contributed by atoms with Crippen LogP contribution in [0, 0.1) is 0 Å². The zero-order valence-corrected chi connectivity index (χ0v) is 23.1. The van der Waals surface area contributed by atoms with Gasteiger partial charge < -0.3 is 19.3 Å². The van der Waals surface area contributed by atoms with Gasteiger partial charge in [-0.2, -0.15) is 0 Å². The van der Waals surface area contributed by atoms with Gasteiger partial charge in [0.1, 0.15) is 11.5 Å². The molecule has 0 amide bonds. The number of rotatable bonds is 9. The topological polar surface area (TPSA) is 116 Å². The van der Waals surface area contributed by atoms with E-state index in [9.17, 15) is 14.4 Å². The average Bonchev–Trinajstić information content (AvgIpc) is 3.30. The molecule has 5 rings (SSSR count). The monoisotopic (exact) mass is 570 g/mol. The number of fused-ring (bicyclic) bond motifs is 1. The first kappa shape index (κ1) is 27.6. The lowest BCUT2D eigenvalue weighted by Gasteiger charge is -2.26. The van der Waals surface area contributed by atoms with Crippen LogP contribution in [-0.2, 0) is 14.3 Å². The van der Waals surface area contributed by atoms with Crippen molar-refractivity contribution in [3.8, 4) is 11.5 Å². The summed E-state index contributed by atoms with van der Waals surface area (Å²) < 4.78 is 18.1. The van der Waals surface area contributed by atoms with Crippen LogP contribution in [0.3, 0.4) is 0 Å². The van der Waals surface area contributed by atoms with Crippen molar-refractivity contribution in [1.29, 1.82) is 0 Å². The standard InChI is InChI=1S/C31H26N2O7S/c1-3-39-30(37)26-27(20-10-5-4-6-11-20)32-31-33(28(26)21-12-8-13-22(17-21)38-2)29(36)24(41-31)16-19-9-7-14-23(15-19)40-18-25(34)35/h4-17,28H,3,18H2,1-2H3,(H,34,35). The number of thiazole rings is 1. The number of carbonyl (C=O) groups is 2. The van der Waals surface area contributed by atoms with Gasteiger partial charge in [0.25, 0.3) is 5.56 Å². The molecular weight excluding hydrogens is 544 g/mol. The van der Waals surface area contributed by atoms with Gasteiger partial charge in [-0.25, -0.2) is 14.6 Å². The largest absolute Gasteiger partial charge is 0.497 e. The lowest BCUT2D eigenvalue weighted by molar-refractivity contribution is -0.140. The minimum Gasteiger partial charge on any atom is -0.497 e. The fourth-order valence-electron chi connectivity index (χ4n) is 4.56. The maximum absolute atomic E-state index is 14.0. The molecule has 0 bridgehead atoms. The first-order chi connectivity index (χ1) is 19.9. The first-order valence-electron chi connectivity index (χ1n) is 12.8. The summed E-state index contributed by atoms with van der Waals surface area (Å²) in [5, 5.41) is 8.93. The second-order valence-electron chi connectivity index (χ2n) is 8.96. The molecule has 2 heterocycles. The van der Waals surface area contributed by atoms with E-state index in [1.54, 1.807) is 62.6 Å². The van der Waals surface area contributed by atoms with Gasteiger partial charge in [-0.15, -0.1) is 0 Å². The SMILES string of the molecule is CCOC(=O)C1=C(c2ccccc2)N=c2sc(=Cc3cccc(OCC(=O)O)c3)c(=O)n2C1c1cccc(OC)c1. The van der Waals surface area contributed by atoms with Gasteiger partial charge in [0.15, 0.2) is 11.4 Å². The van der Waals surface area contributed by atoms with Crippen LogP contribution in [0.15, 0.2) is 94.2 Å². The Balaban J connectivity index is 1.75. The molecule has 4 aromatic rings. The lowest BCUT2D eigenvalue weighted by atomic mass is 9.93. The van der Waals surface area contributed by atoms with Gasteiger partial charge >= 0.3 is 11.9 Å². The van der Waals surface area contributed by atoms with E-state index in [4.69, 9.17) is 24.3 Å². The number of carboxylic acid groups (broad SMARTS) is 1. The molecule has 1 aliphatic rings. The Kier molecular flexibility index (Phi) is 8.11. The smallest absolute Gasteiger partial charge is 0.341 e. The third-order valence-corrected chi connectivity index (χ3v) is 7.28. The van der Waals surface area contributed by atoms with Gasteiger partial charge in [-0.1, -0.05) is 65.9 Å². The van der Waals surface area contributed by atoms with Crippen LogP contribution >= 0.6 is 11.3 Å². The summed E-state index contributed by atoms with van der Waals surface area (Å²) in [5.74, 6) is -0.725. The highest BCUT2D eigenvalue weighted by Crippen LogP contribution is 2.36. The Bertz CT molecular complexity index is 1820. The average molecular weight is 571 g/mol. The number of aromatic nitrogens is 1. The fourth-order valence-corrected chi connectivity index (χ4v) is 5.56. The molecule has 1 aromatic heterocycles. The molecule has 9 nitrogen and oxygen atoms in total. The van der Waals surface area contributed by atoms with Crippen LogP contribution in [0.4, 0.5) is 0 Å². The zero-order chi connectivity index (χ0) is 28.9. The third kappa shape index (κ3) is 5.82. The lowest BCUT2D eigenvalue weighted by Crippen LogP contribution is -2.40. The van der Waals surface area contributed by atoms with Crippen molar-refractivity contribution in [1.82, 2.24) is 4.57 Å². The number of carboxylic acids is 1. The van der Waals surface area contributed by atoms with Crippen LogP contribution in [-0.4, -0.2) is 41.9 Å². The Labute approximate surface area is 238 Å². The Morgan fingerprint density at radius 1 is 1.02 bits per heavy atom. The molecular formula is C31H26N2O7S. The molecule has 1 unspecified atom stereocenters. The second-order valence-corrected chi connectivity index (χ2v) is 9.97. The van der Waals surface area contributed by atoms with Crippen LogP contribution in [0.5, 0.6) is 11.5 Å². The van der Waals surface area contributed by atoms with E-state index in [0.29, 0.717) is 43.2 Å². The molecule has 1 N–H and O–H groups in total. The van der Waals surface area contributed by atoms with Gasteiger partial charge in [-0.05, 0) is 48.4 Å². The molecule has 0 saturated heterocycles. The summed E-state index contributed by atoms with van der Waals surface area (Å²) in [5.41, 5.74) is 2.34. The number of hydrogen-bond donors (Lipinski definition) is 1. The van der Waals surface area contributed by atoms with Crippen molar-refractivity contribution in [3.63, 3.8) is 0 Å². The predicted octanol–water partition coefficient (Wildman–Crippen LogP) is 3.41. The van der Waals surface area contributed by atoms with E-state index in [-0.39, 0.29) is 17.7 Å². The van der Waals surface area contributed by atoms with E-state index in [2.05, 4.69) is 0 Å². The van der Waals surface area contributed by atoms with Crippen molar-refractivity contribution in [3.05, 3.63) is 121 Å². The van der Waals surface area contributed by atoms with Crippen molar-refractivity contribution in [2.45, 2.75) is 13.0 Å². The summed E-state index contributed by atoms with van der Waals surface area (Å²) in [6, 6.07) is 22.5. The van der Waals surface area contributed by atoms with Crippen LogP contribution < -0.4 is 24.4 Å². The molecule has 41 heavy (non-hydrogen) atoms. The maximum atomic E-state index is 14.0. The third-order valence-electron chi connectivity index (χ3n) is 6.30. The van der Waals surface area contributed by atoms with Crippen LogP contribution in [0.2, 0.25) is 0 Å². The van der Waals surface area contributed by atoms with E-state index >= 15 is 0 Å². The number of ether oxygens (including phenoxy) is 3. The fraction of sp³-hybridized carbons (Fsp3) is 0.161. The first-order valence-corrected chi connectivity index (χ1v) is 13.6. The van der Waals surface area contributed by atoms with Gasteiger partial charge in [0.05, 0.1) is 35.6 Å². The normalized spacial score (nSPS) is 14.7. The quantitative estimate of drug-likeness (QED) is 0.307. The molecule has 1 aliphatic heterocycles. The Hall–Kier alpha value is -4.96.